The van der Waals surface area contributed by atoms with Crippen molar-refractivity contribution in [1.29, 1.82) is 0 Å². The molecule has 3 aromatic carbocycles. The Balaban J connectivity index is 1.79. The fourth-order valence-electron chi connectivity index (χ4n) is 4.09. The fourth-order valence-corrected chi connectivity index (χ4v) is 4.09. The van der Waals surface area contributed by atoms with Gasteiger partial charge in [0.2, 0.25) is 0 Å². The number of imidazole rings is 1. The van der Waals surface area contributed by atoms with E-state index in [1.54, 1.807) is 0 Å². The topological polar surface area (TPSA) is 30.2 Å². The van der Waals surface area contributed by atoms with Gasteiger partial charge >= 0.3 is 0 Å². The van der Waals surface area contributed by atoms with E-state index in [0.29, 0.717) is 0 Å². The van der Waals surface area contributed by atoms with Crippen LogP contribution in [0, 0.1) is 0 Å². The maximum atomic E-state index is 5.07. The summed E-state index contributed by atoms with van der Waals surface area (Å²) in [6.07, 6.45) is 4.85. The van der Waals surface area contributed by atoms with Gasteiger partial charge in [-0.25, -0.2) is 4.98 Å². The lowest BCUT2D eigenvalue weighted by atomic mass is 10.0. The second-order valence-electron chi connectivity index (χ2n) is 6.74. The van der Waals surface area contributed by atoms with Gasteiger partial charge < -0.3 is 4.40 Å². The number of hydrogen-bond donors (Lipinski definition) is 0. The van der Waals surface area contributed by atoms with Crippen molar-refractivity contribution in [2.45, 2.75) is 6.42 Å². The van der Waals surface area contributed by atoms with Crippen molar-refractivity contribution in [2.24, 2.45) is 0 Å². The van der Waals surface area contributed by atoms with Crippen LogP contribution in [0.2, 0.25) is 0 Å². The number of pyridine rings is 2. The zero-order chi connectivity index (χ0) is 17.1. The highest BCUT2D eigenvalue weighted by Crippen LogP contribution is 2.37. The fraction of sp³-hybridized carbons (Fsp3) is 0.0435. The highest BCUT2D eigenvalue weighted by molar-refractivity contribution is 6.26. The van der Waals surface area contributed by atoms with Crippen LogP contribution in [-0.2, 0) is 6.42 Å². The van der Waals surface area contributed by atoms with Gasteiger partial charge in [0.1, 0.15) is 5.82 Å². The van der Waals surface area contributed by atoms with Crippen LogP contribution < -0.4 is 0 Å². The summed E-state index contributed by atoms with van der Waals surface area (Å²) < 4.78 is 2.24. The van der Waals surface area contributed by atoms with Gasteiger partial charge in [0.05, 0.1) is 16.6 Å². The summed E-state index contributed by atoms with van der Waals surface area (Å²) in [5.41, 5.74) is 4.57. The highest BCUT2D eigenvalue weighted by atomic mass is 15.0. The molecule has 0 radical (unpaired) electrons. The molecule has 6 rings (SSSR count). The first-order chi connectivity index (χ1) is 12.9. The van der Waals surface area contributed by atoms with Crippen LogP contribution in [0.5, 0.6) is 0 Å². The summed E-state index contributed by atoms with van der Waals surface area (Å²) in [6, 6.07) is 23.2. The molecule has 0 unspecified atom stereocenters. The number of nitrogens with zero attached hydrogens (tertiary/aromatic N) is 3. The number of hydrogen-bond acceptors (Lipinski definition) is 2. The molecule has 3 heterocycles. The van der Waals surface area contributed by atoms with Crippen molar-refractivity contribution in [1.82, 2.24) is 14.4 Å². The lowest BCUT2D eigenvalue weighted by molar-refractivity contribution is 0.968. The van der Waals surface area contributed by atoms with E-state index < -0.39 is 0 Å². The molecule has 3 heteroatoms. The van der Waals surface area contributed by atoms with E-state index >= 15 is 0 Å². The molecule has 0 atom stereocenters. The average Bonchev–Trinajstić information content (AvgIpc) is 3.07. The Bertz CT molecular complexity index is 1400. The SMILES string of the molecule is c1ccc(Cc2nc3c4ccccc4c4nccc5ccn2c3c54)cc1. The minimum Gasteiger partial charge on any atom is -0.302 e. The van der Waals surface area contributed by atoms with Crippen LogP contribution in [0.4, 0.5) is 0 Å². The van der Waals surface area contributed by atoms with Crippen molar-refractivity contribution >= 4 is 38.1 Å². The standard InChI is InChI=1S/C23H15N3/c1-2-6-15(7-3-1)14-19-25-22-18-9-5-4-8-17(18)21-20-16(10-12-24-21)11-13-26(19)23(20)22/h1-13H,14H2. The monoisotopic (exact) mass is 333 g/mol. The molecule has 3 aromatic heterocycles. The van der Waals surface area contributed by atoms with Crippen molar-refractivity contribution < 1.29 is 0 Å². The molecule has 0 aliphatic rings. The molecule has 0 N–H and O–H groups in total. The molecule has 0 fully saturated rings. The van der Waals surface area contributed by atoms with Crippen LogP contribution in [0.3, 0.4) is 0 Å². The number of aromatic nitrogens is 3. The molecule has 0 spiro atoms. The lowest BCUT2D eigenvalue weighted by Gasteiger charge is -2.09. The molecule has 0 saturated carbocycles. The summed E-state index contributed by atoms with van der Waals surface area (Å²) in [5, 5.41) is 4.76. The Labute approximate surface area is 149 Å². The number of fused-ring (bicyclic) bond motifs is 3. The Kier molecular flexibility index (Phi) is 2.66. The Hall–Kier alpha value is -3.46. The largest absolute Gasteiger partial charge is 0.302 e. The molecule has 0 aliphatic heterocycles. The summed E-state index contributed by atoms with van der Waals surface area (Å²) in [5.74, 6) is 1.06. The third-order valence-electron chi connectivity index (χ3n) is 5.25. The predicted octanol–water partition coefficient (Wildman–Crippen LogP) is 5.22. The summed E-state index contributed by atoms with van der Waals surface area (Å²) in [4.78, 5) is 9.79. The van der Waals surface area contributed by atoms with Crippen LogP contribution in [0.15, 0.2) is 79.1 Å². The van der Waals surface area contributed by atoms with Crippen molar-refractivity contribution in [3.05, 3.63) is 90.5 Å². The van der Waals surface area contributed by atoms with Gasteiger partial charge in [-0.3, -0.25) is 4.98 Å². The first kappa shape index (κ1) is 13.8. The molecule has 0 bridgehead atoms. The second kappa shape index (κ2) is 5.02. The average molecular weight is 333 g/mol. The van der Waals surface area contributed by atoms with E-state index in [0.717, 1.165) is 23.3 Å². The van der Waals surface area contributed by atoms with Gasteiger partial charge in [-0.05, 0) is 23.1 Å². The third kappa shape index (κ3) is 1.77. The van der Waals surface area contributed by atoms with E-state index in [4.69, 9.17) is 9.97 Å². The van der Waals surface area contributed by atoms with E-state index in [1.807, 2.05) is 6.20 Å². The molecular formula is C23H15N3. The van der Waals surface area contributed by atoms with E-state index in [-0.39, 0.29) is 0 Å². The quantitative estimate of drug-likeness (QED) is 0.321. The van der Waals surface area contributed by atoms with Crippen LogP contribution in [0.1, 0.15) is 11.4 Å². The van der Waals surface area contributed by atoms with Crippen molar-refractivity contribution in [3.8, 4) is 0 Å². The molecule has 122 valence electrons. The number of rotatable bonds is 2. The first-order valence-electron chi connectivity index (χ1n) is 8.82. The second-order valence-corrected chi connectivity index (χ2v) is 6.74. The molecule has 6 aromatic rings. The van der Waals surface area contributed by atoms with Gasteiger partial charge in [-0.15, -0.1) is 0 Å². The van der Waals surface area contributed by atoms with Gasteiger partial charge in [0, 0.05) is 35.0 Å². The molecule has 0 amide bonds. The molecule has 0 aliphatic carbocycles. The van der Waals surface area contributed by atoms with E-state index in [9.17, 15) is 0 Å². The minimum atomic E-state index is 0.811. The van der Waals surface area contributed by atoms with Crippen molar-refractivity contribution in [3.63, 3.8) is 0 Å². The Morgan fingerprint density at radius 2 is 1.54 bits per heavy atom. The maximum absolute atomic E-state index is 5.07. The minimum absolute atomic E-state index is 0.811. The predicted molar refractivity (Wildman–Crippen MR) is 106 cm³/mol. The van der Waals surface area contributed by atoms with Gasteiger partial charge in [0.15, 0.2) is 0 Å². The van der Waals surface area contributed by atoms with Gasteiger partial charge in [-0.1, -0.05) is 54.6 Å². The van der Waals surface area contributed by atoms with Crippen molar-refractivity contribution in [2.75, 3.05) is 0 Å². The summed E-state index contributed by atoms with van der Waals surface area (Å²) >= 11 is 0. The normalized spacial score (nSPS) is 12.0. The van der Waals surface area contributed by atoms with E-state index in [1.165, 1.54) is 32.6 Å². The van der Waals surface area contributed by atoms with Crippen LogP contribution >= 0.6 is 0 Å². The van der Waals surface area contributed by atoms with E-state index in [2.05, 4.69) is 77.3 Å². The Morgan fingerprint density at radius 3 is 2.38 bits per heavy atom. The smallest absolute Gasteiger partial charge is 0.118 e. The maximum Gasteiger partial charge on any atom is 0.118 e. The molecular weight excluding hydrogens is 318 g/mol. The Morgan fingerprint density at radius 1 is 0.769 bits per heavy atom. The highest BCUT2D eigenvalue weighted by Gasteiger charge is 2.18. The molecule has 0 saturated heterocycles. The first-order valence-corrected chi connectivity index (χ1v) is 8.82. The van der Waals surface area contributed by atoms with Gasteiger partial charge in [0.25, 0.3) is 0 Å². The molecule has 26 heavy (non-hydrogen) atoms. The summed E-state index contributed by atoms with van der Waals surface area (Å²) in [7, 11) is 0. The zero-order valence-corrected chi connectivity index (χ0v) is 14.1. The lowest BCUT2D eigenvalue weighted by Crippen LogP contribution is -1.96. The zero-order valence-electron chi connectivity index (χ0n) is 14.1. The third-order valence-corrected chi connectivity index (χ3v) is 5.25. The van der Waals surface area contributed by atoms with Crippen LogP contribution in [0.25, 0.3) is 38.1 Å². The van der Waals surface area contributed by atoms with Gasteiger partial charge in [-0.2, -0.15) is 0 Å². The van der Waals surface area contributed by atoms with Crippen LogP contribution in [-0.4, -0.2) is 14.4 Å². The molecule has 3 nitrogen and oxygen atoms in total. The number of benzene rings is 3. The summed E-state index contributed by atoms with van der Waals surface area (Å²) in [6.45, 7) is 0.